The number of rotatable bonds is 0. The maximum atomic E-state index is 4.07. The summed E-state index contributed by atoms with van der Waals surface area (Å²) in [5.41, 5.74) is 2.11. The second-order valence-corrected chi connectivity index (χ2v) is 2.15. The lowest BCUT2D eigenvalue weighted by Gasteiger charge is -2.10. The van der Waals surface area contributed by atoms with E-state index in [4.69, 9.17) is 0 Å². The van der Waals surface area contributed by atoms with Crippen molar-refractivity contribution in [1.82, 2.24) is 5.32 Å². The minimum absolute atomic E-state index is 0.729. The summed E-state index contributed by atoms with van der Waals surface area (Å²) < 4.78 is 0. The maximum absolute atomic E-state index is 4.07. The van der Waals surface area contributed by atoms with E-state index in [-0.39, 0.29) is 0 Å². The molecule has 0 spiro atoms. The Morgan fingerprint density at radius 1 is 1.56 bits per heavy atom. The summed E-state index contributed by atoms with van der Waals surface area (Å²) in [6, 6.07) is 0. The summed E-state index contributed by atoms with van der Waals surface area (Å²) in [6.07, 6.45) is 1.98. The van der Waals surface area contributed by atoms with E-state index in [9.17, 15) is 0 Å². The Bertz CT molecular complexity index is 199. The SMILES string of the molecule is C=C1N=C(C)C=C(C)N1. The molecular formula is C7H10N2. The van der Waals surface area contributed by atoms with E-state index in [1.165, 1.54) is 0 Å². The van der Waals surface area contributed by atoms with E-state index in [2.05, 4.69) is 16.9 Å². The van der Waals surface area contributed by atoms with E-state index in [0.29, 0.717) is 0 Å². The van der Waals surface area contributed by atoms with Gasteiger partial charge < -0.3 is 5.32 Å². The van der Waals surface area contributed by atoms with E-state index in [1.807, 2.05) is 19.9 Å². The minimum Gasteiger partial charge on any atom is -0.344 e. The van der Waals surface area contributed by atoms with Crippen LogP contribution in [0.5, 0.6) is 0 Å². The van der Waals surface area contributed by atoms with E-state index in [1.54, 1.807) is 0 Å². The first kappa shape index (κ1) is 6.08. The van der Waals surface area contributed by atoms with Crippen LogP contribution in [0.4, 0.5) is 0 Å². The zero-order valence-electron chi connectivity index (χ0n) is 5.73. The van der Waals surface area contributed by atoms with Crippen LogP contribution in [0.2, 0.25) is 0 Å². The van der Waals surface area contributed by atoms with Crippen molar-refractivity contribution in [3.05, 3.63) is 24.2 Å². The Morgan fingerprint density at radius 2 is 2.22 bits per heavy atom. The summed E-state index contributed by atoms with van der Waals surface area (Å²) in [7, 11) is 0. The Labute approximate surface area is 55.0 Å². The third kappa shape index (κ3) is 1.42. The number of nitrogens with one attached hydrogen (secondary N) is 1. The van der Waals surface area contributed by atoms with E-state index in [0.717, 1.165) is 17.2 Å². The third-order valence-corrected chi connectivity index (χ3v) is 1.08. The molecule has 0 fully saturated rings. The van der Waals surface area contributed by atoms with Gasteiger partial charge in [-0.15, -0.1) is 0 Å². The van der Waals surface area contributed by atoms with Gasteiger partial charge in [0.1, 0.15) is 5.82 Å². The Kier molecular flexibility index (Phi) is 1.39. The van der Waals surface area contributed by atoms with E-state index >= 15 is 0 Å². The first-order chi connectivity index (χ1) is 4.18. The van der Waals surface area contributed by atoms with Crippen LogP contribution in [0.25, 0.3) is 0 Å². The van der Waals surface area contributed by atoms with Gasteiger partial charge in [0.05, 0.1) is 0 Å². The van der Waals surface area contributed by atoms with Crippen molar-refractivity contribution in [2.75, 3.05) is 0 Å². The van der Waals surface area contributed by atoms with Crippen LogP contribution < -0.4 is 5.32 Å². The molecule has 0 bridgehead atoms. The fourth-order valence-corrected chi connectivity index (χ4v) is 0.850. The lowest BCUT2D eigenvalue weighted by atomic mass is 10.3. The van der Waals surface area contributed by atoms with Crippen molar-refractivity contribution < 1.29 is 0 Å². The monoisotopic (exact) mass is 122 g/mol. The quantitative estimate of drug-likeness (QED) is 0.516. The number of nitrogens with zero attached hydrogens (tertiary/aromatic N) is 1. The molecule has 0 aliphatic carbocycles. The van der Waals surface area contributed by atoms with Crippen LogP contribution in [0, 0.1) is 0 Å². The van der Waals surface area contributed by atoms with Crippen molar-refractivity contribution in [2.24, 2.45) is 4.99 Å². The van der Waals surface area contributed by atoms with Gasteiger partial charge >= 0.3 is 0 Å². The zero-order valence-corrected chi connectivity index (χ0v) is 5.73. The molecule has 2 nitrogen and oxygen atoms in total. The highest BCUT2D eigenvalue weighted by atomic mass is 15.0. The van der Waals surface area contributed by atoms with Crippen LogP contribution in [0.15, 0.2) is 29.2 Å². The molecule has 0 saturated carbocycles. The van der Waals surface area contributed by atoms with Gasteiger partial charge in [0.2, 0.25) is 0 Å². The number of aliphatic imine (C=N–C) groups is 1. The van der Waals surface area contributed by atoms with Crippen molar-refractivity contribution in [1.29, 1.82) is 0 Å². The highest BCUT2D eigenvalue weighted by Crippen LogP contribution is 2.02. The zero-order chi connectivity index (χ0) is 6.85. The fraction of sp³-hybridized carbons (Fsp3) is 0.286. The molecule has 48 valence electrons. The van der Waals surface area contributed by atoms with Gasteiger partial charge in [-0.3, -0.25) is 0 Å². The van der Waals surface area contributed by atoms with Crippen LogP contribution in [-0.4, -0.2) is 5.71 Å². The molecule has 0 aromatic carbocycles. The van der Waals surface area contributed by atoms with Gasteiger partial charge in [-0.1, -0.05) is 6.58 Å². The van der Waals surface area contributed by atoms with Crippen LogP contribution >= 0.6 is 0 Å². The second kappa shape index (κ2) is 2.05. The van der Waals surface area contributed by atoms with Crippen LogP contribution in [0.1, 0.15) is 13.8 Å². The third-order valence-electron chi connectivity index (χ3n) is 1.08. The highest BCUT2D eigenvalue weighted by Gasteiger charge is 1.98. The standard InChI is InChI=1S/C7H10N2/c1-5-4-6(2)9-7(3)8-5/h4,8H,3H2,1-2H3. The van der Waals surface area contributed by atoms with E-state index < -0.39 is 0 Å². The van der Waals surface area contributed by atoms with Gasteiger partial charge in [-0.05, 0) is 19.9 Å². The summed E-state index contributed by atoms with van der Waals surface area (Å²) in [5, 5.41) is 2.99. The van der Waals surface area contributed by atoms with Crippen molar-refractivity contribution in [2.45, 2.75) is 13.8 Å². The maximum Gasteiger partial charge on any atom is 0.123 e. The minimum atomic E-state index is 0.729. The molecule has 1 N–H and O–H groups in total. The molecule has 0 atom stereocenters. The van der Waals surface area contributed by atoms with Crippen molar-refractivity contribution >= 4 is 5.71 Å². The number of hydrogen-bond acceptors (Lipinski definition) is 2. The number of hydrogen-bond donors (Lipinski definition) is 1. The lowest BCUT2D eigenvalue weighted by molar-refractivity contribution is 0.940. The van der Waals surface area contributed by atoms with Crippen molar-refractivity contribution in [3.8, 4) is 0 Å². The molecule has 0 aromatic rings. The predicted molar refractivity (Wildman–Crippen MR) is 39.1 cm³/mol. The Balaban J connectivity index is 2.86. The summed E-state index contributed by atoms with van der Waals surface area (Å²) >= 11 is 0. The largest absolute Gasteiger partial charge is 0.344 e. The molecule has 0 unspecified atom stereocenters. The smallest absolute Gasteiger partial charge is 0.123 e. The summed E-state index contributed by atoms with van der Waals surface area (Å²) in [6.45, 7) is 7.62. The normalized spacial score (nSPS) is 18.2. The molecule has 1 aliphatic rings. The molecule has 1 heterocycles. The van der Waals surface area contributed by atoms with Gasteiger partial charge in [-0.25, -0.2) is 4.99 Å². The average Bonchev–Trinajstić information content (AvgIpc) is 1.59. The molecule has 0 aromatic heterocycles. The van der Waals surface area contributed by atoms with Gasteiger partial charge in [0, 0.05) is 11.4 Å². The molecule has 0 saturated heterocycles. The number of allylic oxidation sites excluding steroid dienone is 2. The molecule has 0 radical (unpaired) electrons. The molecular weight excluding hydrogens is 112 g/mol. The first-order valence-corrected chi connectivity index (χ1v) is 2.88. The first-order valence-electron chi connectivity index (χ1n) is 2.88. The molecule has 0 amide bonds. The average molecular weight is 122 g/mol. The fourth-order valence-electron chi connectivity index (χ4n) is 0.850. The van der Waals surface area contributed by atoms with Crippen molar-refractivity contribution in [3.63, 3.8) is 0 Å². The van der Waals surface area contributed by atoms with Crippen LogP contribution in [0.3, 0.4) is 0 Å². The summed E-state index contributed by atoms with van der Waals surface area (Å²) in [5.74, 6) is 0.729. The van der Waals surface area contributed by atoms with Crippen LogP contribution in [-0.2, 0) is 0 Å². The van der Waals surface area contributed by atoms with Gasteiger partial charge in [0.15, 0.2) is 0 Å². The van der Waals surface area contributed by atoms with Gasteiger partial charge in [-0.2, -0.15) is 0 Å². The molecule has 1 aliphatic heterocycles. The molecule has 1 rings (SSSR count). The highest BCUT2D eigenvalue weighted by molar-refractivity contribution is 5.94. The lowest BCUT2D eigenvalue weighted by Crippen LogP contribution is -2.14. The Morgan fingerprint density at radius 3 is 2.67 bits per heavy atom. The van der Waals surface area contributed by atoms with Gasteiger partial charge in [0.25, 0.3) is 0 Å². The molecule has 2 heteroatoms. The predicted octanol–water partition coefficient (Wildman–Crippen LogP) is 1.43. The Hall–Kier alpha value is -1.05. The molecule has 9 heavy (non-hydrogen) atoms. The second-order valence-electron chi connectivity index (χ2n) is 2.15. The topological polar surface area (TPSA) is 24.4 Å². The summed E-state index contributed by atoms with van der Waals surface area (Å²) in [4.78, 5) is 4.07.